The molecule has 1 atom stereocenters. The van der Waals surface area contributed by atoms with Crippen LogP contribution >= 0.6 is 0 Å². The summed E-state index contributed by atoms with van der Waals surface area (Å²) < 4.78 is 26.4. The van der Waals surface area contributed by atoms with Gasteiger partial charge in [-0.05, 0) is 40.0 Å². The van der Waals surface area contributed by atoms with Crippen LogP contribution in [-0.2, 0) is 16.0 Å². The van der Waals surface area contributed by atoms with Gasteiger partial charge in [0.1, 0.15) is 5.60 Å². The van der Waals surface area contributed by atoms with Crippen molar-refractivity contribution in [2.24, 2.45) is 0 Å². The van der Waals surface area contributed by atoms with Crippen LogP contribution in [0.15, 0.2) is 0 Å². The standard InChI is InChI=1S/C10H19NO4S/c1-5-10(6-7-10)15-8(12)11(16(13)14)9(2,3)4/h5-7H2,1-4H3,(H,13,14). The van der Waals surface area contributed by atoms with Gasteiger partial charge in [-0.1, -0.05) is 6.92 Å². The molecule has 0 saturated heterocycles. The van der Waals surface area contributed by atoms with Gasteiger partial charge < -0.3 is 4.74 Å². The molecule has 5 nitrogen and oxygen atoms in total. The highest BCUT2D eigenvalue weighted by Crippen LogP contribution is 2.43. The zero-order valence-electron chi connectivity index (χ0n) is 10.1. The molecule has 1 amide bonds. The highest BCUT2D eigenvalue weighted by Gasteiger charge is 2.47. The van der Waals surface area contributed by atoms with Crippen LogP contribution in [0.4, 0.5) is 4.79 Å². The molecular weight excluding hydrogens is 230 g/mol. The first kappa shape index (κ1) is 13.4. The molecule has 0 aromatic carbocycles. The number of ether oxygens (including phenoxy) is 1. The molecule has 1 aliphatic rings. The van der Waals surface area contributed by atoms with E-state index in [1.807, 2.05) is 6.92 Å². The third kappa shape index (κ3) is 2.95. The number of amides is 1. The van der Waals surface area contributed by atoms with Crippen LogP contribution in [0.1, 0.15) is 47.0 Å². The maximum Gasteiger partial charge on any atom is 0.424 e. The minimum Gasteiger partial charge on any atom is -0.442 e. The van der Waals surface area contributed by atoms with Crippen molar-refractivity contribution in [1.29, 1.82) is 0 Å². The summed E-state index contributed by atoms with van der Waals surface area (Å²) in [5, 5.41) is 0. The Bertz CT molecular complexity index is 306. The normalized spacial score (nSPS) is 20.1. The summed E-state index contributed by atoms with van der Waals surface area (Å²) in [5.74, 6) is 0. The molecule has 0 aliphatic heterocycles. The van der Waals surface area contributed by atoms with Crippen LogP contribution < -0.4 is 0 Å². The average Bonchev–Trinajstić information content (AvgIpc) is 2.81. The van der Waals surface area contributed by atoms with Crippen molar-refractivity contribution >= 4 is 17.4 Å². The molecule has 0 radical (unpaired) electrons. The van der Waals surface area contributed by atoms with E-state index in [2.05, 4.69) is 0 Å². The van der Waals surface area contributed by atoms with Gasteiger partial charge in [0.05, 0.1) is 5.54 Å². The summed E-state index contributed by atoms with van der Waals surface area (Å²) in [6, 6.07) is 0. The third-order valence-electron chi connectivity index (χ3n) is 2.69. The van der Waals surface area contributed by atoms with E-state index in [0.717, 1.165) is 23.6 Å². The molecule has 1 saturated carbocycles. The van der Waals surface area contributed by atoms with E-state index in [1.54, 1.807) is 20.8 Å². The van der Waals surface area contributed by atoms with E-state index < -0.39 is 22.9 Å². The molecule has 0 heterocycles. The Kier molecular flexibility index (Phi) is 3.64. The SMILES string of the molecule is CCC1(OC(=O)N(S(=O)O)C(C)(C)C)CC1. The van der Waals surface area contributed by atoms with E-state index in [9.17, 15) is 9.00 Å². The van der Waals surface area contributed by atoms with Gasteiger partial charge >= 0.3 is 6.09 Å². The van der Waals surface area contributed by atoms with Crippen LogP contribution in [-0.4, -0.2) is 30.3 Å². The number of rotatable bonds is 3. The van der Waals surface area contributed by atoms with Gasteiger partial charge in [-0.3, -0.25) is 4.55 Å². The van der Waals surface area contributed by atoms with Gasteiger partial charge in [-0.15, -0.1) is 0 Å². The predicted molar refractivity (Wildman–Crippen MR) is 61.1 cm³/mol. The van der Waals surface area contributed by atoms with Crippen molar-refractivity contribution in [2.75, 3.05) is 0 Å². The first-order chi connectivity index (χ1) is 7.22. The third-order valence-corrected chi connectivity index (χ3v) is 3.70. The Morgan fingerprint density at radius 3 is 2.25 bits per heavy atom. The Balaban J connectivity index is 2.73. The smallest absolute Gasteiger partial charge is 0.424 e. The zero-order valence-corrected chi connectivity index (χ0v) is 11.0. The number of carbonyl (C=O) groups excluding carboxylic acids is 1. The Hall–Kier alpha value is -0.620. The summed E-state index contributed by atoms with van der Waals surface area (Å²) in [7, 11) is 0. The minimum atomic E-state index is -2.35. The van der Waals surface area contributed by atoms with Gasteiger partial charge in [-0.25, -0.2) is 9.00 Å². The second-order valence-electron chi connectivity index (χ2n) is 5.10. The fourth-order valence-electron chi connectivity index (χ4n) is 1.47. The van der Waals surface area contributed by atoms with Gasteiger partial charge in [0.25, 0.3) is 11.3 Å². The fourth-order valence-corrected chi connectivity index (χ4v) is 2.10. The van der Waals surface area contributed by atoms with Crippen molar-refractivity contribution in [1.82, 2.24) is 4.31 Å². The lowest BCUT2D eigenvalue weighted by molar-refractivity contribution is 0.0508. The van der Waals surface area contributed by atoms with Crippen LogP contribution in [0.25, 0.3) is 0 Å². The number of hydrogen-bond acceptors (Lipinski definition) is 3. The molecule has 1 aliphatic carbocycles. The maximum absolute atomic E-state index is 11.8. The molecule has 0 aromatic heterocycles. The summed E-state index contributed by atoms with van der Waals surface area (Å²) in [6.07, 6.45) is 1.71. The lowest BCUT2D eigenvalue weighted by atomic mass is 10.1. The molecule has 1 unspecified atom stereocenters. The number of nitrogens with zero attached hydrogens (tertiary/aromatic N) is 1. The highest BCUT2D eigenvalue weighted by atomic mass is 32.2. The maximum atomic E-state index is 11.8. The largest absolute Gasteiger partial charge is 0.442 e. The highest BCUT2D eigenvalue weighted by molar-refractivity contribution is 7.77. The second-order valence-corrected chi connectivity index (χ2v) is 5.93. The molecule has 0 spiro atoms. The molecule has 1 rings (SSSR count). The number of hydrogen-bond donors (Lipinski definition) is 1. The lowest BCUT2D eigenvalue weighted by Gasteiger charge is -2.31. The first-order valence-corrected chi connectivity index (χ1v) is 6.42. The molecular formula is C10H19NO4S. The van der Waals surface area contributed by atoms with Gasteiger partial charge in [0.15, 0.2) is 0 Å². The second kappa shape index (κ2) is 4.33. The Morgan fingerprint density at radius 1 is 1.50 bits per heavy atom. The van der Waals surface area contributed by atoms with Crippen LogP contribution in [0.5, 0.6) is 0 Å². The van der Waals surface area contributed by atoms with Crippen LogP contribution in [0.3, 0.4) is 0 Å². The summed E-state index contributed by atoms with van der Waals surface area (Å²) >= 11 is -2.35. The summed E-state index contributed by atoms with van der Waals surface area (Å²) in [5.41, 5.74) is -1.12. The molecule has 0 bridgehead atoms. The van der Waals surface area contributed by atoms with Crippen molar-refractivity contribution in [3.63, 3.8) is 0 Å². The summed E-state index contributed by atoms with van der Waals surface area (Å²) in [4.78, 5) is 11.8. The Morgan fingerprint density at radius 2 is 2.00 bits per heavy atom. The van der Waals surface area contributed by atoms with Crippen LogP contribution in [0.2, 0.25) is 0 Å². The molecule has 1 fully saturated rings. The van der Waals surface area contributed by atoms with E-state index in [1.165, 1.54) is 0 Å². The van der Waals surface area contributed by atoms with E-state index >= 15 is 0 Å². The van der Waals surface area contributed by atoms with E-state index in [0.29, 0.717) is 0 Å². The van der Waals surface area contributed by atoms with E-state index in [-0.39, 0.29) is 5.60 Å². The molecule has 6 heteroatoms. The Labute approximate surface area is 98.6 Å². The monoisotopic (exact) mass is 249 g/mol. The average molecular weight is 249 g/mol. The zero-order chi connectivity index (χ0) is 12.6. The van der Waals surface area contributed by atoms with Gasteiger partial charge in [0, 0.05) is 0 Å². The van der Waals surface area contributed by atoms with Crippen molar-refractivity contribution in [3.05, 3.63) is 0 Å². The van der Waals surface area contributed by atoms with Gasteiger partial charge in [0.2, 0.25) is 0 Å². The van der Waals surface area contributed by atoms with Crippen molar-refractivity contribution < 1.29 is 18.3 Å². The first-order valence-electron chi connectivity index (χ1n) is 5.36. The number of carbonyl (C=O) groups is 1. The quantitative estimate of drug-likeness (QED) is 0.779. The lowest BCUT2D eigenvalue weighted by Crippen LogP contribution is -2.47. The van der Waals surface area contributed by atoms with Crippen LogP contribution in [0, 0.1) is 0 Å². The minimum absolute atomic E-state index is 0.389. The molecule has 16 heavy (non-hydrogen) atoms. The van der Waals surface area contributed by atoms with Gasteiger partial charge in [-0.2, -0.15) is 4.31 Å². The van der Waals surface area contributed by atoms with Crippen molar-refractivity contribution in [3.8, 4) is 0 Å². The topological polar surface area (TPSA) is 66.8 Å². The fraction of sp³-hybridized carbons (Fsp3) is 0.900. The van der Waals surface area contributed by atoms with Crippen molar-refractivity contribution in [2.45, 2.75) is 58.1 Å². The molecule has 0 aromatic rings. The molecule has 94 valence electrons. The molecule has 1 N–H and O–H groups in total. The van der Waals surface area contributed by atoms with E-state index in [4.69, 9.17) is 9.29 Å². The summed E-state index contributed by atoms with van der Waals surface area (Å²) in [6.45, 7) is 7.01. The predicted octanol–water partition coefficient (Wildman–Crippen LogP) is 2.30.